The van der Waals surface area contributed by atoms with Crippen LogP contribution in [0.15, 0.2) is 70.1 Å². The Labute approximate surface area is 439 Å². The number of carboxylic acid groups (broad SMARTS) is 1. The molecule has 2 amide bonds. The minimum absolute atomic E-state index is 0.0903. The maximum Gasteiger partial charge on any atom is 0.303 e. The van der Waals surface area contributed by atoms with Crippen molar-refractivity contribution < 1.29 is 102 Å². The van der Waals surface area contributed by atoms with Crippen LogP contribution in [0.1, 0.15) is 97.6 Å². The van der Waals surface area contributed by atoms with Crippen molar-refractivity contribution in [2.24, 2.45) is 0 Å². The number of anilines is 1. The van der Waals surface area contributed by atoms with Gasteiger partial charge in [0.15, 0.2) is 5.71 Å². The van der Waals surface area contributed by atoms with Gasteiger partial charge in [-0.2, -0.15) is 55.1 Å². The first kappa shape index (κ1) is 61.6. The first-order valence-electron chi connectivity index (χ1n) is 22.9. The fraction of sp³-hybridized carbons (Fsp3) is 0.455. The zero-order valence-electron chi connectivity index (χ0n) is 40.9. The molecular formula is C44H57N4O22S6+. The van der Waals surface area contributed by atoms with Gasteiger partial charge in [0.1, 0.15) is 11.4 Å². The number of allylic oxidation sites excluding steroid dienone is 4. The Morgan fingerprint density at radius 3 is 1.78 bits per heavy atom. The minimum Gasteiger partial charge on any atom is -0.481 e. The maximum atomic E-state index is 14.0. The lowest BCUT2D eigenvalue weighted by molar-refractivity contribution is -0.437. The van der Waals surface area contributed by atoms with Crippen LogP contribution in [0.5, 0.6) is 0 Å². The van der Waals surface area contributed by atoms with Crippen molar-refractivity contribution in [3.05, 3.63) is 82.6 Å². The molecule has 3 aromatic rings. The number of benzene rings is 3. The van der Waals surface area contributed by atoms with E-state index in [0.29, 0.717) is 18.2 Å². The van der Waals surface area contributed by atoms with Crippen LogP contribution in [0.25, 0.3) is 10.8 Å². The monoisotopic (exact) mass is 1190 g/mol. The molecule has 1 atom stereocenters. The minimum atomic E-state index is -5.20. The Kier molecular flexibility index (Phi) is 18.6. The number of rotatable bonds is 26. The summed E-state index contributed by atoms with van der Waals surface area (Å²) < 4.78 is 205. The maximum absolute atomic E-state index is 14.0. The molecule has 2 aliphatic rings. The molecule has 0 saturated carbocycles. The summed E-state index contributed by atoms with van der Waals surface area (Å²) in [6.45, 7) is 3.28. The first-order chi connectivity index (χ1) is 34.7. The summed E-state index contributed by atoms with van der Waals surface area (Å²) in [5.74, 6) is -6.36. The Morgan fingerprint density at radius 2 is 1.22 bits per heavy atom. The second kappa shape index (κ2) is 23.0. The highest BCUT2D eigenvalue weighted by atomic mass is 32.2. The Balaban J connectivity index is 1.82. The van der Waals surface area contributed by atoms with Gasteiger partial charge in [-0.1, -0.05) is 25.0 Å². The number of nitrogens with one attached hydrogen (secondary N) is 2. The van der Waals surface area contributed by atoms with Gasteiger partial charge in [0.2, 0.25) is 5.69 Å². The van der Waals surface area contributed by atoms with Gasteiger partial charge in [0.25, 0.3) is 72.5 Å². The summed E-state index contributed by atoms with van der Waals surface area (Å²) >= 11 is 0. The number of carbonyl (C=O) groups is 3. The lowest BCUT2D eigenvalue weighted by atomic mass is 9.75. The molecule has 1 unspecified atom stereocenters. The van der Waals surface area contributed by atoms with Crippen LogP contribution in [0.4, 0.5) is 11.4 Å². The standard InChI is InChI=1S/C44H56N4O22S6/c1-43(2)36(48(19-9-21-72(56,57)58)34-25-28(41(51)45-16-22-73(59,60)61)24-32(39(34)43)42(52)46-17-23-74(62,63)64)10-7-11-37-44(3,15-6-4-5-12-38(49)50)40-31-26-29(75(65,66)67)27-35(76(68,69)70)30(31)13-14-33(40)47(37)18-8-20-71(53,54)55/h7,10-11,13-14,24-27H,4-6,8-9,12,15-23H2,1-3H3,(H8-,45,46,49,50,51,52,53,54,55,56,57,58,59,60,61,62,63,64,65,66,67,68,69,70)/p+1. The number of hydrogen-bond donors (Lipinski definition) is 9. The topological polar surface area (TPSA) is 428 Å². The molecule has 0 spiro atoms. The van der Waals surface area contributed by atoms with E-state index in [1.807, 2.05) is 0 Å². The molecule has 26 nitrogen and oxygen atoms in total. The molecule has 2 heterocycles. The predicted octanol–water partition coefficient (Wildman–Crippen LogP) is 2.75. The van der Waals surface area contributed by atoms with E-state index >= 15 is 0 Å². The molecule has 5 rings (SSSR count). The van der Waals surface area contributed by atoms with Gasteiger partial charge in [0, 0.05) is 72.4 Å². The molecule has 76 heavy (non-hydrogen) atoms. The van der Waals surface area contributed by atoms with E-state index in [1.165, 1.54) is 34.9 Å². The molecule has 0 fully saturated rings. The third-order valence-electron chi connectivity index (χ3n) is 12.7. The van der Waals surface area contributed by atoms with Crippen LogP contribution in [0.3, 0.4) is 0 Å². The summed E-state index contributed by atoms with van der Waals surface area (Å²) in [4.78, 5) is 38.9. The Hall–Kier alpha value is -5.26. The summed E-state index contributed by atoms with van der Waals surface area (Å²) in [7, 11) is -28.7. The molecular weight excluding hydrogens is 1130 g/mol. The third kappa shape index (κ3) is 15.5. The van der Waals surface area contributed by atoms with Crippen molar-refractivity contribution >= 4 is 106 Å². The van der Waals surface area contributed by atoms with E-state index in [0.717, 1.165) is 12.1 Å². The van der Waals surface area contributed by atoms with E-state index in [1.54, 1.807) is 31.7 Å². The van der Waals surface area contributed by atoms with Gasteiger partial charge in [0.05, 0.1) is 44.4 Å². The summed E-state index contributed by atoms with van der Waals surface area (Å²) in [6, 6.07) is 6.65. The number of carbonyl (C=O) groups excluding carboxylic acids is 2. The molecule has 0 radical (unpaired) electrons. The normalized spacial score (nSPS) is 17.6. The number of amides is 2. The Bertz CT molecular complexity index is 3650. The van der Waals surface area contributed by atoms with E-state index in [-0.39, 0.29) is 102 Å². The van der Waals surface area contributed by atoms with E-state index in [4.69, 9.17) is 0 Å². The van der Waals surface area contributed by atoms with Crippen LogP contribution in [0.2, 0.25) is 0 Å². The van der Waals surface area contributed by atoms with E-state index < -0.39 is 135 Å². The van der Waals surface area contributed by atoms with Gasteiger partial charge in [-0.3, -0.25) is 41.7 Å². The largest absolute Gasteiger partial charge is 0.481 e. The smallest absolute Gasteiger partial charge is 0.303 e. The van der Waals surface area contributed by atoms with E-state index in [9.17, 15) is 97.3 Å². The predicted molar refractivity (Wildman–Crippen MR) is 275 cm³/mol. The molecule has 420 valence electrons. The second-order valence-corrected chi connectivity index (χ2v) is 27.8. The molecule has 32 heteroatoms. The average Bonchev–Trinajstić information content (AvgIpc) is 3.62. The van der Waals surface area contributed by atoms with Crippen LogP contribution in [0, 0.1) is 0 Å². The number of aliphatic carboxylic acids is 1. The number of carboxylic acids is 1. The highest BCUT2D eigenvalue weighted by Gasteiger charge is 2.49. The van der Waals surface area contributed by atoms with Crippen LogP contribution in [-0.4, -0.2) is 160 Å². The van der Waals surface area contributed by atoms with Crippen LogP contribution >= 0.6 is 0 Å². The van der Waals surface area contributed by atoms with Gasteiger partial charge < -0.3 is 20.6 Å². The van der Waals surface area contributed by atoms with Gasteiger partial charge in [-0.25, -0.2) is 0 Å². The van der Waals surface area contributed by atoms with Crippen LogP contribution in [-0.2, 0) is 76.3 Å². The van der Waals surface area contributed by atoms with Crippen molar-refractivity contribution in [1.29, 1.82) is 0 Å². The van der Waals surface area contributed by atoms with Crippen molar-refractivity contribution in [3.63, 3.8) is 0 Å². The van der Waals surface area contributed by atoms with Crippen molar-refractivity contribution in [1.82, 2.24) is 10.6 Å². The number of hydrogen-bond acceptors (Lipinski definition) is 16. The molecule has 3 aromatic carbocycles. The molecule has 2 aliphatic heterocycles. The molecule has 0 saturated heterocycles. The molecule has 0 bridgehead atoms. The van der Waals surface area contributed by atoms with Crippen molar-refractivity contribution in [3.8, 4) is 0 Å². The summed E-state index contributed by atoms with van der Waals surface area (Å²) in [5.41, 5.74) is -1.88. The van der Waals surface area contributed by atoms with Crippen molar-refractivity contribution in [2.75, 3.05) is 54.1 Å². The fourth-order valence-electron chi connectivity index (χ4n) is 9.55. The lowest BCUT2D eigenvalue weighted by Gasteiger charge is -2.31. The Morgan fingerprint density at radius 1 is 0.645 bits per heavy atom. The van der Waals surface area contributed by atoms with Gasteiger partial charge in [-0.15, -0.1) is 0 Å². The SMILES string of the molecule is CC1(C)C(/C=C/C=C2/N(CCCS(=O)(=O)O)c3ccc4c(S(=O)(=O)O)cc(S(=O)(=O)O)cc4c3C2(C)CCCCCC(=O)O)=[N+](CCCS(=O)(=O)O)c2cc(C(=O)NCCS(=O)(=O)O)cc(C(=O)NCCS(=O)(=O)O)c21. The van der Waals surface area contributed by atoms with Gasteiger partial charge in [-0.05, 0) is 81.3 Å². The fourth-order valence-corrected chi connectivity index (χ4v) is 12.6. The summed E-state index contributed by atoms with van der Waals surface area (Å²) in [6.07, 6.45) is 4.72. The van der Waals surface area contributed by atoms with E-state index in [2.05, 4.69) is 10.6 Å². The number of nitrogens with zero attached hydrogens (tertiary/aromatic N) is 2. The molecule has 9 N–H and O–H groups in total. The first-order valence-corrected chi connectivity index (χ1v) is 32.2. The molecule has 0 aliphatic carbocycles. The van der Waals surface area contributed by atoms with Crippen LogP contribution < -0.4 is 15.5 Å². The average molecular weight is 1190 g/mol. The quantitative estimate of drug-likeness (QED) is 0.0317. The number of fused-ring (bicyclic) bond motifs is 4. The lowest BCUT2D eigenvalue weighted by Crippen LogP contribution is -2.34. The second-order valence-electron chi connectivity index (χ2n) is 18.7. The number of unbranched alkanes of at least 4 members (excludes halogenated alkanes) is 2. The highest BCUT2D eigenvalue weighted by Crippen LogP contribution is 2.54. The third-order valence-corrected chi connectivity index (χ3v) is 17.5. The van der Waals surface area contributed by atoms with Gasteiger partial charge >= 0.3 is 5.97 Å². The van der Waals surface area contributed by atoms with Crippen molar-refractivity contribution in [2.45, 2.75) is 86.3 Å². The zero-order valence-corrected chi connectivity index (χ0v) is 45.8. The molecule has 0 aromatic heterocycles. The summed E-state index contributed by atoms with van der Waals surface area (Å²) in [5, 5.41) is 13.7. The highest BCUT2D eigenvalue weighted by molar-refractivity contribution is 7.87. The zero-order chi connectivity index (χ0) is 57.2.